The maximum atomic E-state index is 11.6. The number of nitrogens with zero attached hydrogens (tertiary/aromatic N) is 1. The number of halogens is 3. The molecule has 70 valence electrons. The summed E-state index contributed by atoms with van der Waals surface area (Å²) in [4.78, 5) is 10.5. The van der Waals surface area contributed by atoms with E-state index in [1.54, 1.807) is 0 Å². The zero-order valence-corrected chi connectivity index (χ0v) is 6.17. The summed E-state index contributed by atoms with van der Waals surface area (Å²) >= 11 is 0. The van der Waals surface area contributed by atoms with Gasteiger partial charge in [-0.25, -0.2) is 0 Å². The molecule has 4 nitrogen and oxygen atoms in total. The fourth-order valence-electron chi connectivity index (χ4n) is 0.544. The highest BCUT2D eigenvalue weighted by Gasteiger charge is 2.41. The van der Waals surface area contributed by atoms with E-state index >= 15 is 0 Å². The van der Waals surface area contributed by atoms with E-state index in [0.717, 1.165) is 7.05 Å². The largest absolute Gasteiger partial charge is 0.472 e. The summed E-state index contributed by atoms with van der Waals surface area (Å²) in [6.07, 6.45) is -5.73. The number of hydrogen-bond acceptors (Lipinski definition) is 3. The Labute approximate surface area is 66.7 Å². The SMILES string of the molecule is CN(CB(O)O)C(=O)C(F)(F)F. The van der Waals surface area contributed by atoms with Crippen LogP contribution in [0, 0.1) is 0 Å². The van der Waals surface area contributed by atoms with Gasteiger partial charge in [-0.2, -0.15) is 13.2 Å². The minimum Gasteiger partial charge on any atom is -0.426 e. The van der Waals surface area contributed by atoms with Crippen LogP contribution in [-0.2, 0) is 4.79 Å². The molecule has 0 bridgehead atoms. The smallest absolute Gasteiger partial charge is 0.426 e. The Morgan fingerprint density at radius 3 is 2.17 bits per heavy atom. The average Bonchev–Trinajstić information content (AvgIpc) is 1.82. The molecule has 0 aliphatic rings. The fraction of sp³-hybridized carbons (Fsp3) is 0.750. The standard InChI is InChI=1S/C4H7BF3NO3/c1-9(2-5(11)12)3(10)4(6,7)8/h11-12H,2H2,1H3. The fourth-order valence-corrected chi connectivity index (χ4v) is 0.544. The molecule has 0 aliphatic carbocycles. The first-order valence-electron chi connectivity index (χ1n) is 2.93. The van der Waals surface area contributed by atoms with Crippen molar-refractivity contribution in [2.24, 2.45) is 0 Å². The van der Waals surface area contributed by atoms with Gasteiger partial charge >= 0.3 is 19.2 Å². The molecule has 0 radical (unpaired) electrons. The normalized spacial score (nSPS) is 11.2. The van der Waals surface area contributed by atoms with Gasteiger partial charge in [0.1, 0.15) is 0 Å². The van der Waals surface area contributed by atoms with Crippen molar-refractivity contribution in [1.29, 1.82) is 0 Å². The van der Waals surface area contributed by atoms with E-state index in [9.17, 15) is 18.0 Å². The van der Waals surface area contributed by atoms with E-state index in [1.807, 2.05) is 0 Å². The molecule has 0 spiro atoms. The van der Waals surface area contributed by atoms with Crippen molar-refractivity contribution in [2.75, 3.05) is 13.5 Å². The molecular formula is C4H7BF3NO3. The Bertz CT molecular complexity index is 171. The molecule has 0 saturated heterocycles. The van der Waals surface area contributed by atoms with E-state index in [4.69, 9.17) is 10.0 Å². The molecule has 0 fully saturated rings. The summed E-state index contributed by atoms with van der Waals surface area (Å²) < 4.78 is 34.8. The Hall–Kier alpha value is -0.755. The number of hydrogen-bond donors (Lipinski definition) is 2. The number of amides is 1. The van der Waals surface area contributed by atoms with E-state index in [2.05, 4.69) is 0 Å². The second-order valence-corrected chi connectivity index (χ2v) is 2.16. The minimum absolute atomic E-state index is 0.185. The van der Waals surface area contributed by atoms with Crippen LogP contribution in [-0.4, -0.2) is 47.6 Å². The quantitative estimate of drug-likeness (QED) is 0.543. The lowest BCUT2D eigenvalue weighted by molar-refractivity contribution is -0.183. The lowest BCUT2D eigenvalue weighted by Gasteiger charge is -2.17. The molecule has 0 unspecified atom stereocenters. The van der Waals surface area contributed by atoms with Gasteiger partial charge in [0.15, 0.2) is 0 Å². The van der Waals surface area contributed by atoms with Gasteiger partial charge in [0.25, 0.3) is 0 Å². The second-order valence-electron chi connectivity index (χ2n) is 2.16. The molecule has 0 aromatic heterocycles. The van der Waals surface area contributed by atoms with Crippen LogP contribution in [0.3, 0.4) is 0 Å². The van der Waals surface area contributed by atoms with Gasteiger partial charge in [-0.05, 0) is 0 Å². The third kappa shape index (κ3) is 3.58. The van der Waals surface area contributed by atoms with E-state index in [1.165, 1.54) is 0 Å². The van der Waals surface area contributed by atoms with Crippen LogP contribution in [0.4, 0.5) is 13.2 Å². The molecular weight excluding hydrogens is 178 g/mol. The van der Waals surface area contributed by atoms with Crippen LogP contribution < -0.4 is 0 Å². The van der Waals surface area contributed by atoms with Crippen molar-refractivity contribution >= 4 is 13.0 Å². The van der Waals surface area contributed by atoms with Gasteiger partial charge < -0.3 is 14.9 Å². The topological polar surface area (TPSA) is 60.8 Å². The molecule has 0 aromatic rings. The van der Waals surface area contributed by atoms with Gasteiger partial charge in [0.2, 0.25) is 0 Å². The van der Waals surface area contributed by atoms with Gasteiger partial charge in [-0.15, -0.1) is 0 Å². The van der Waals surface area contributed by atoms with Gasteiger partial charge in [-0.1, -0.05) is 0 Å². The summed E-state index contributed by atoms with van der Waals surface area (Å²) in [5, 5.41) is 16.5. The number of alkyl halides is 3. The predicted octanol–water partition coefficient (Wildman–Crippen LogP) is -0.981. The maximum Gasteiger partial charge on any atom is 0.472 e. The molecule has 0 rings (SSSR count). The summed E-state index contributed by atoms with van der Waals surface area (Å²) in [6, 6.07) is 0. The molecule has 12 heavy (non-hydrogen) atoms. The Kier molecular flexibility index (Phi) is 3.53. The van der Waals surface area contributed by atoms with Gasteiger partial charge in [-0.3, -0.25) is 4.79 Å². The number of carbonyl (C=O) groups is 1. The number of carbonyl (C=O) groups excluding carboxylic acids is 1. The first-order valence-corrected chi connectivity index (χ1v) is 2.93. The maximum absolute atomic E-state index is 11.6. The van der Waals surface area contributed by atoms with Gasteiger partial charge in [0.05, 0.1) is 6.44 Å². The molecule has 2 N–H and O–H groups in total. The van der Waals surface area contributed by atoms with Crippen LogP contribution in [0.5, 0.6) is 0 Å². The van der Waals surface area contributed by atoms with Crippen LogP contribution >= 0.6 is 0 Å². The molecule has 1 amide bonds. The van der Waals surface area contributed by atoms with Crippen molar-refractivity contribution in [3.8, 4) is 0 Å². The highest BCUT2D eigenvalue weighted by atomic mass is 19.4. The van der Waals surface area contributed by atoms with Crippen LogP contribution in [0.25, 0.3) is 0 Å². The summed E-state index contributed by atoms with van der Waals surface area (Å²) in [6.45, 7) is 0. The predicted molar refractivity (Wildman–Crippen MR) is 33.9 cm³/mol. The van der Waals surface area contributed by atoms with Crippen LogP contribution in [0.15, 0.2) is 0 Å². The zero-order chi connectivity index (χ0) is 9.94. The van der Waals surface area contributed by atoms with Crippen molar-refractivity contribution in [1.82, 2.24) is 4.90 Å². The third-order valence-corrected chi connectivity index (χ3v) is 1.03. The van der Waals surface area contributed by atoms with Crippen LogP contribution in [0.2, 0.25) is 0 Å². The molecule has 0 atom stereocenters. The lowest BCUT2D eigenvalue weighted by atomic mass is 9.91. The minimum atomic E-state index is -4.97. The van der Waals surface area contributed by atoms with Crippen molar-refractivity contribution in [3.05, 3.63) is 0 Å². The molecule has 0 aliphatic heterocycles. The second kappa shape index (κ2) is 3.77. The highest BCUT2D eigenvalue weighted by molar-refractivity contribution is 6.41. The first kappa shape index (κ1) is 11.2. The van der Waals surface area contributed by atoms with Crippen molar-refractivity contribution < 1.29 is 28.0 Å². The number of rotatable bonds is 2. The lowest BCUT2D eigenvalue weighted by Crippen LogP contribution is -2.43. The molecule has 0 heterocycles. The van der Waals surface area contributed by atoms with E-state index in [0.29, 0.717) is 0 Å². The van der Waals surface area contributed by atoms with Crippen LogP contribution in [0.1, 0.15) is 0 Å². The van der Waals surface area contributed by atoms with E-state index < -0.39 is 25.6 Å². The molecule has 0 aromatic carbocycles. The summed E-state index contributed by atoms with van der Waals surface area (Å²) in [5.41, 5.74) is 0. The Balaban J connectivity index is 4.12. The van der Waals surface area contributed by atoms with E-state index in [-0.39, 0.29) is 4.90 Å². The molecule has 8 heteroatoms. The monoisotopic (exact) mass is 185 g/mol. The summed E-state index contributed by atoms with van der Waals surface area (Å²) in [5.74, 6) is -2.10. The molecule has 0 saturated carbocycles. The first-order chi connectivity index (χ1) is 5.25. The van der Waals surface area contributed by atoms with Crippen molar-refractivity contribution in [2.45, 2.75) is 6.18 Å². The third-order valence-electron chi connectivity index (χ3n) is 1.03. The Morgan fingerprint density at radius 2 is 1.92 bits per heavy atom. The van der Waals surface area contributed by atoms with Crippen molar-refractivity contribution in [3.63, 3.8) is 0 Å². The summed E-state index contributed by atoms with van der Waals surface area (Å²) in [7, 11) is -1.13. The zero-order valence-electron chi connectivity index (χ0n) is 6.17. The van der Waals surface area contributed by atoms with Gasteiger partial charge in [0, 0.05) is 7.05 Å². The Morgan fingerprint density at radius 1 is 1.50 bits per heavy atom. The highest BCUT2D eigenvalue weighted by Crippen LogP contribution is 2.17. The average molecular weight is 185 g/mol.